The lowest BCUT2D eigenvalue weighted by molar-refractivity contribution is -0.149. The van der Waals surface area contributed by atoms with Gasteiger partial charge in [-0.05, 0) is 30.3 Å². The van der Waals surface area contributed by atoms with E-state index in [1.807, 2.05) is 0 Å². The van der Waals surface area contributed by atoms with E-state index in [1.165, 1.54) is 5.06 Å². The first-order valence-corrected chi connectivity index (χ1v) is 4.78. The second-order valence-electron chi connectivity index (χ2n) is 3.36. The number of hydrogen-bond acceptors (Lipinski definition) is 4. The van der Waals surface area contributed by atoms with E-state index in [2.05, 4.69) is 0 Å². The molecule has 1 aromatic carbocycles. The zero-order valence-corrected chi connectivity index (χ0v) is 8.46. The molecule has 0 spiro atoms. The number of benzene rings is 1. The normalized spacial score (nSPS) is 15.0. The van der Waals surface area contributed by atoms with Crippen molar-refractivity contribution in [3.8, 4) is 5.75 Å². The summed E-state index contributed by atoms with van der Waals surface area (Å²) >= 11 is 0. The van der Waals surface area contributed by atoms with Gasteiger partial charge < -0.3 is 10.2 Å². The van der Waals surface area contributed by atoms with Crippen molar-refractivity contribution < 1.29 is 19.8 Å². The lowest BCUT2D eigenvalue weighted by atomic mass is 10.1. The molecule has 0 unspecified atom stereocenters. The van der Waals surface area contributed by atoms with Crippen LogP contribution in [0.15, 0.2) is 30.3 Å². The van der Waals surface area contributed by atoms with E-state index >= 15 is 0 Å². The average Bonchev–Trinajstić information content (AvgIpc) is 2.66. The zero-order chi connectivity index (χ0) is 11.5. The maximum Gasteiger partial charge on any atom is 0.325 e. The number of hydroxylamine groups is 2. The van der Waals surface area contributed by atoms with Crippen LogP contribution in [0.3, 0.4) is 0 Å². The van der Waals surface area contributed by atoms with E-state index in [1.54, 1.807) is 30.3 Å². The van der Waals surface area contributed by atoms with Crippen LogP contribution in [0.25, 0.3) is 5.70 Å². The summed E-state index contributed by atoms with van der Waals surface area (Å²) < 4.78 is 0. The van der Waals surface area contributed by atoms with E-state index in [0.717, 1.165) is 5.56 Å². The summed E-state index contributed by atoms with van der Waals surface area (Å²) in [5.41, 5.74) is 1.53. The fourth-order valence-corrected chi connectivity index (χ4v) is 1.53. The Balaban J connectivity index is 2.19. The van der Waals surface area contributed by atoms with Crippen LogP contribution in [0.4, 0.5) is 0 Å². The summed E-state index contributed by atoms with van der Waals surface area (Å²) in [5, 5.41) is 19.2. The molecule has 0 atom stereocenters. The smallest absolute Gasteiger partial charge is 0.325 e. The van der Waals surface area contributed by atoms with Crippen LogP contribution in [0, 0.1) is 0 Å². The maximum absolute atomic E-state index is 10.6. The van der Waals surface area contributed by atoms with Gasteiger partial charge in [-0.3, -0.25) is 9.63 Å². The van der Waals surface area contributed by atoms with Crippen LogP contribution in [-0.2, 0) is 9.63 Å². The first-order chi connectivity index (χ1) is 7.66. The molecule has 0 amide bonds. The Labute approximate surface area is 92.1 Å². The fourth-order valence-electron chi connectivity index (χ4n) is 1.53. The van der Waals surface area contributed by atoms with Crippen molar-refractivity contribution in [2.75, 3.05) is 13.2 Å². The van der Waals surface area contributed by atoms with Crippen LogP contribution in [-0.4, -0.2) is 34.4 Å². The summed E-state index contributed by atoms with van der Waals surface area (Å²) in [6.07, 6.45) is 1.80. The lowest BCUT2D eigenvalue weighted by Gasteiger charge is -2.18. The SMILES string of the molecule is O=C(O)CN1OCC=C1c1ccc(O)cc1. The van der Waals surface area contributed by atoms with Gasteiger partial charge in [-0.15, -0.1) is 0 Å². The summed E-state index contributed by atoms with van der Waals surface area (Å²) in [7, 11) is 0. The monoisotopic (exact) mass is 221 g/mol. The number of carbonyl (C=O) groups is 1. The third kappa shape index (κ3) is 2.14. The molecule has 1 heterocycles. The Kier molecular flexibility index (Phi) is 2.78. The van der Waals surface area contributed by atoms with E-state index in [4.69, 9.17) is 15.1 Å². The van der Waals surface area contributed by atoms with Crippen LogP contribution in [0.5, 0.6) is 5.75 Å². The molecule has 16 heavy (non-hydrogen) atoms. The van der Waals surface area contributed by atoms with Crippen LogP contribution in [0.2, 0.25) is 0 Å². The Morgan fingerprint density at radius 2 is 2.06 bits per heavy atom. The molecular formula is C11H11NO4. The van der Waals surface area contributed by atoms with E-state index in [-0.39, 0.29) is 12.3 Å². The highest BCUT2D eigenvalue weighted by Gasteiger charge is 2.20. The van der Waals surface area contributed by atoms with Crippen molar-refractivity contribution in [2.45, 2.75) is 0 Å². The number of aromatic hydroxyl groups is 1. The first-order valence-electron chi connectivity index (χ1n) is 4.78. The van der Waals surface area contributed by atoms with Gasteiger partial charge in [-0.25, -0.2) is 5.06 Å². The lowest BCUT2D eigenvalue weighted by Crippen LogP contribution is -2.25. The largest absolute Gasteiger partial charge is 0.508 e. The highest BCUT2D eigenvalue weighted by atomic mass is 16.7. The van der Waals surface area contributed by atoms with Crippen LogP contribution < -0.4 is 0 Å². The molecule has 0 saturated heterocycles. The molecule has 0 bridgehead atoms. The van der Waals surface area contributed by atoms with Gasteiger partial charge in [-0.2, -0.15) is 0 Å². The zero-order valence-electron chi connectivity index (χ0n) is 8.46. The molecule has 0 radical (unpaired) electrons. The highest BCUT2D eigenvalue weighted by molar-refractivity contribution is 5.73. The van der Waals surface area contributed by atoms with Crippen molar-refractivity contribution in [3.05, 3.63) is 35.9 Å². The minimum atomic E-state index is -0.952. The second kappa shape index (κ2) is 4.24. The second-order valence-corrected chi connectivity index (χ2v) is 3.36. The van der Waals surface area contributed by atoms with Crippen molar-refractivity contribution >= 4 is 11.7 Å². The topological polar surface area (TPSA) is 70.0 Å². The number of rotatable bonds is 3. The standard InChI is InChI=1S/C11H11NO4/c13-9-3-1-8(2-4-9)10-5-6-16-12(10)7-11(14)15/h1-5,13H,6-7H2,(H,14,15). The Morgan fingerprint density at radius 3 is 2.69 bits per heavy atom. The van der Waals surface area contributed by atoms with Crippen LogP contribution in [0.1, 0.15) is 5.56 Å². The van der Waals surface area contributed by atoms with Gasteiger partial charge in [-0.1, -0.05) is 0 Å². The molecule has 0 fully saturated rings. The number of aliphatic carboxylic acids is 1. The number of phenolic OH excluding ortho intramolecular Hbond substituents is 1. The number of phenols is 1. The number of carboxylic acid groups (broad SMARTS) is 1. The first kappa shape index (κ1) is 10.5. The Morgan fingerprint density at radius 1 is 1.38 bits per heavy atom. The third-order valence-electron chi connectivity index (χ3n) is 2.22. The van der Waals surface area contributed by atoms with Gasteiger partial charge >= 0.3 is 5.97 Å². The van der Waals surface area contributed by atoms with E-state index in [0.29, 0.717) is 12.3 Å². The van der Waals surface area contributed by atoms with E-state index in [9.17, 15) is 4.79 Å². The molecule has 2 N–H and O–H groups in total. The van der Waals surface area contributed by atoms with Crippen molar-refractivity contribution in [2.24, 2.45) is 0 Å². The third-order valence-corrected chi connectivity index (χ3v) is 2.22. The average molecular weight is 221 g/mol. The summed E-state index contributed by atoms with van der Waals surface area (Å²) in [6, 6.07) is 6.52. The van der Waals surface area contributed by atoms with Crippen molar-refractivity contribution in [3.63, 3.8) is 0 Å². The summed E-state index contributed by atoms with van der Waals surface area (Å²) in [6.45, 7) is 0.163. The minimum absolute atomic E-state index is 0.174. The molecular weight excluding hydrogens is 210 g/mol. The van der Waals surface area contributed by atoms with Gasteiger partial charge in [0.05, 0.1) is 12.3 Å². The van der Waals surface area contributed by atoms with Gasteiger partial charge in [0.25, 0.3) is 0 Å². The summed E-state index contributed by atoms with van der Waals surface area (Å²) in [5.74, 6) is -0.778. The number of hydrogen-bond donors (Lipinski definition) is 2. The summed E-state index contributed by atoms with van der Waals surface area (Å²) in [4.78, 5) is 15.8. The molecule has 84 valence electrons. The number of carboxylic acids is 1. The number of nitrogens with zero attached hydrogens (tertiary/aromatic N) is 1. The molecule has 0 saturated carbocycles. The molecule has 1 aliphatic heterocycles. The van der Waals surface area contributed by atoms with Gasteiger partial charge in [0.15, 0.2) is 0 Å². The van der Waals surface area contributed by atoms with Crippen molar-refractivity contribution in [1.29, 1.82) is 0 Å². The van der Waals surface area contributed by atoms with E-state index < -0.39 is 5.97 Å². The maximum atomic E-state index is 10.6. The Hall–Kier alpha value is -2.01. The van der Waals surface area contributed by atoms with Gasteiger partial charge in [0.2, 0.25) is 0 Å². The molecule has 5 nitrogen and oxygen atoms in total. The fraction of sp³-hybridized carbons (Fsp3) is 0.182. The molecule has 5 heteroatoms. The predicted molar refractivity (Wildman–Crippen MR) is 56.4 cm³/mol. The predicted octanol–water partition coefficient (Wildman–Crippen LogP) is 1.06. The van der Waals surface area contributed by atoms with Crippen molar-refractivity contribution in [1.82, 2.24) is 5.06 Å². The van der Waals surface area contributed by atoms with Gasteiger partial charge in [0.1, 0.15) is 12.3 Å². The van der Waals surface area contributed by atoms with Crippen LogP contribution >= 0.6 is 0 Å². The minimum Gasteiger partial charge on any atom is -0.508 e. The molecule has 0 aliphatic carbocycles. The molecule has 1 aliphatic rings. The molecule has 1 aromatic rings. The Bertz CT molecular complexity index is 424. The molecule has 2 rings (SSSR count). The highest BCUT2D eigenvalue weighted by Crippen LogP contribution is 2.25. The van der Waals surface area contributed by atoms with Gasteiger partial charge in [0, 0.05) is 5.56 Å². The molecule has 0 aromatic heterocycles. The quantitative estimate of drug-likeness (QED) is 0.798.